The smallest absolute Gasteiger partial charge is 0.410 e. The van der Waals surface area contributed by atoms with Gasteiger partial charge in [0.05, 0.1) is 30.0 Å². The molecule has 47 heavy (non-hydrogen) atoms. The van der Waals surface area contributed by atoms with Crippen molar-refractivity contribution < 1.29 is 23.7 Å². The number of piperidine rings is 1. The van der Waals surface area contributed by atoms with Gasteiger partial charge in [-0.25, -0.2) is 19.7 Å². The van der Waals surface area contributed by atoms with Crippen LogP contribution in [0.3, 0.4) is 0 Å². The molecule has 11 heteroatoms. The second-order valence-electron chi connectivity index (χ2n) is 13.4. The third-order valence-electron chi connectivity index (χ3n) is 8.87. The molecule has 7 rings (SSSR count). The van der Waals surface area contributed by atoms with Crippen LogP contribution in [0.25, 0.3) is 21.9 Å². The molecule has 2 aliphatic heterocycles. The molecule has 0 spiro atoms. The van der Waals surface area contributed by atoms with Gasteiger partial charge in [0, 0.05) is 55.2 Å². The van der Waals surface area contributed by atoms with Crippen LogP contribution in [0.5, 0.6) is 23.0 Å². The molecule has 244 valence electrons. The standard InChI is InChI=1S/C36H40N6O5/c1-21-13-22(7-12-31(21)45-25-10-11-30-29(16-25)39-20-41(30)5)40-34-27-17-33(32(44-6)18-28(27)37-19-38-34)46-26-14-23-8-9-24(15-26)42(23)35(43)47-36(2,3)4/h7,10-13,16-20,23-24,26H,8-9,14-15H2,1-6H3,(H,37,38,40). The van der Waals surface area contributed by atoms with E-state index in [0.29, 0.717) is 17.3 Å². The van der Waals surface area contributed by atoms with E-state index in [1.54, 1.807) is 13.4 Å². The molecule has 2 aliphatic rings. The number of carbonyl (C=O) groups excluding carboxylic acids is 1. The van der Waals surface area contributed by atoms with Crippen LogP contribution in [-0.4, -0.2) is 61.4 Å². The summed E-state index contributed by atoms with van der Waals surface area (Å²) in [5, 5.41) is 4.27. The molecule has 2 aromatic heterocycles. The number of hydrogen-bond acceptors (Lipinski definition) is 9. The summed E-state index contributed by atoms with van der Waals surface area (Å²) in [5.41, 5.74) is 3.96. The quantitative estimate of drug-likeness (QED) is 0.192. The van der Waals surface area contributed by atoms with Crippen molar-refractivity contribution in [2.24, 2.45) is 7.05 Å². The zero-order valence-electron chi connectivity index (χ0n) is 27.6. The topological polar surface area (TPSA) is 113 Å². The lowest BCUT2D eigenvalue weighted by Crippen LogP contribution is -2.50. The number of carbonyl (C=O) groups is 1. The first-order chi connectivity index (χ1) is 22.5. The second-order valence-corrected chi connectivity index (χ2v) is 13.4. The number of nitrogens with one attached hydrogen (secondary N) is 1. The van der Waals surface area contributed by atoms with Crippen molar-refractivity contribution in [3.05, 3.63) is 66.7 Å². The molecule has 2 saturated heterocycles. The van der Waals surface area contributed by atoms with E-state index in [2.05, 4.69) is 20.3 Å². The minimum Gasteiger partial charge on any atom is -0.493 e. The van der Waals surface area contributed by atoms with E-state index >= 15 is 0 Å². The summed E-state index contributed by atoms with van der Waals surface area (Å²) in [4.78, 5) is 28.4. The average molecular weight is 637 g/mol. The summed E-state index contributed by atoms with van der Waals surface area (Å²) < 4.78 is 26.2. The van der Waals surface area contributed by atoms with Crippen LogP contribution in [0.4, 0.5) is 16.3 Å². The van der Waals surface area contributed by atoms with Crippen molar-refractivity contribution in [1.82, 2.24) is 24.4 Å². The SMILES string of the molecule is COc1cc2ncnc(Nc3ccc(Oc4ccc5c(c4)ncn5C)c(C)c3)c2cc1OC1CC2CCC(C1)N2C(=O)OC(C)(C)C. The molecule has 5 aromatic rings. The van der Waals surface area contributed by atoms with Crippen molar-refractivity contribution in [1.29, 1.82) is 0 Å². The summed E-state index contributed by atoms with van der Waals surface area (Å²) in [6.45, 7) is 7.71. The molecule has 2 bridgehead atoms. The Bertz CT molecular complexity index is 1950. The largest absolute Gasteiger partial charge is 0.493 e. The molecule has 0 aliphatic carbocycles. The van der Waals surface area contributed by atoms with Crippen LogP contribution in [0, 0.1) is 6.92 Å². The molecule has 3 aromatic carbocycles. The van der Waals surface area contributed by atoms with Gasteiger partial charge in [-0.3, -0.25) is 0 Å². The third kappa shape index (κ3) is 6.22. The molecular weight excluding hydrogens is 596 g/mol. The summed E-state index contributed by atoms with van der Waals surface area (Å²) in [6.07, 6.45) is 6.39. The monoisotopic (exact) mass is 636 g/mol. The van der Waals surface area contributed by atoms with Crippen LogP contribution in [0.1, 0.15) is 52.0 Å². The zero-order valence-corrected chi connectivity index (χ0v) is 27.6. The predicted molar refractivity (Wildman–Crippen MR) is 180 cm³/mol. The van der Waals surface area contributed by atoms with E-state index in [9.17, 15) is 4.79 Å². The Kier molecular flexibility index (Phi) is 7.77. The Labute approximate surface area is 273 Å². The van der Waals surface area contributed by atoms with Crippen molar-refractivity contribution in [2.75, 3.05) is 12.4 Å². The number of ether oxygens (including phenoxy) is 4. The Morgan fingerprint density at radius 1 is 0.915 bits per heavy atom. The maximum Gasteiger partial charge on any atom is 0.410 e. The number of imidazole rings is 1. The van der Waals surface area contributed by atoms with Crippen LogP contribution >= 0.6 is 0 Å². The number of aryl methyl sites for hydroxylation is 2. The lowest BCUT2D eigenvalue weighted by molar-refractivity contribution is -0.00735. The van der Waals surface area contributed by atoms with E-state index in [1.165, 1.54) is 6.33 Å². The molecule has 4 heterocycles. The molecule has 1 amide bonds. The maximum absolute atomic E-state index is 13.0. The van der Waals surface area contributed by atoms with Gasteiger partial charge in [0.15, 0.2) is 11.5 Å². The number of methoxy groups -OCH3 is 1. The average Bonchev–Trinajstić information content (AvgIpc) is 3.53. The van der Waals surface area contributed by atoms with Crippen LogP contribution < -0.4 is 19.5 Å². The highest BCUT2D eigenvalue weighted by molar-refractivity contribution is 5.93. The number of rotatable bonds is 7. The lowest BCUT2D eigenvalue weighted by atomic mass is 10.00. The minimum atomic E-state index is -0.527. The van der Waals surface area contributed by atoms with E-state index < -0.39 is 5.60 Å². The summed E-state index contributed by atoms with van der Waals surface area (Å²) >= 11 is 0. The Balaban J connectivity index is 1.09. The highest BCUT2D eigenvalue weighted by Gasteiger charge is 2.45. The van der Waals surface area contributed by atoms with E-state index in [-0.39, 0.29) is 24.3 Å². The van der Waals surface area contributed by atoms with Gasteiger partial charge >= 0.3 is 6.09 Å². The molecule has 0 saturated carbocycles. The van der Waals surface area contributed by atoms with Gasteiger partial charge in [0.1, 0.15) is 35.3 Å². The highest BCUT2D eigenvalue weighted by Crippen LogP contribution is 2.41. The van der Waals surface area contributed by atoms with Gasteiger partial charge in [0.2, 0.25) is 0 Å². The number of amides is 1. The van der Waals surface area contributed by atoms with Crippen LogP contribution in [0.2, 0.25) is 0 Å². The van der Waals surface area contributed by atoms with Crippen LogP contribution in [0.15, 0.2) is 61.2 Å². The first kappa shape index (κ1) is 30.6. The fourth-order valence-electron chi connectivity index (χ4n) is 6.72. The second kappa shape index (κ2) is 11.9. The minimum absolute atomic E-state index is 0.0628. The Morgan fingerprint density at radius 3 is 2.43 bits per heavy atom. The predicted octanol–water partition coefficient (Wildman–Crippen LogP) is 7.68. The Morgan fingerprint density at radius 2 is 1.70 bits per heavy atom. The third-order valence-corrected chi connectivity index (χ3v) is 8.87. The normalized spacial score (nSPS) is 19.2. The first-order valence-corrected chi connectivity index (χ1v) is 16.0. The van der Waals surface area contributed by atoms with Gasteiger partial charge in [-0.15, -0.1) is 0 Å². The van der Waals surface area contributed by atoms with Crippen molar-refractivity contribution in [2.45, 2.75) is 77.2 Å². The molecule has 11 nitrogen and oxygen atoms in total. The van der Waals surface area contributed by atoms with Crippen molar-refractivity contribution >= 4 is 39.5 Å². The summed E-state index contributed by atoms with van der Waals surface area (Å²) in [5.74, 6) is 3.36. The van der Waals surface area contributed by atoms with Gasteiger partial charge in [-0.05, 0) is 82.5 Å². The number of fused-ring (bicyclic) bond motifs is 4. The number of benzene rings is 3. The molecule has 0 radical (unpaired) electrons. The molecule has 2 unspecified atom stereocenters. The van der Waals surface area contributed by atoms with Gasteiger partial charge in [-0.2, -0.15) is 0 Å². The molecular formula is C36H40N6O5. The van der Waals surface area contributed by atoms with E-state index in [1.807, 2.05) is 92.7 Å². The maximum atomic E-state index is 13.0. The van der Waals surface area contributed by atoms with E-state index in [0.717, 1.165) is 70.4 Å². The fraction of sp³-hybridized carbons (Fsp3) is 0.389. The van der Waals surface area contributed by atoms with Gasteiger partial charge in [-0.1, -0.05) is 0 Å². The summed E-state index contributed by atoms with van der Waals surface area (Å²) in [6, 6.07) is 15.8. The lowest BCUT2D eigenvalue weighted by Gasteiger charge is -2.39. The van der Waals surface area contributed by atoms with Crippen molar-refractivity contribution in [3.8, 4) is 23.0 Å². The zero-order chi connectivity index (χ0) is 32.9. The van der Waals surface area contributed by atoms with Crippen molar-refractivity contribution in [3.63, 3.8) is 0 Å². The van der Waals surface area contributed by atoms with Gasteiger partial charge in [0.25, 0.3) is 0 Å². The molecule has 2 fully saturated rings. The van der Waals surface area contributed by atoms with E-state index in [4.69, 9.17) is 18.9 Å². The number of anilines is 2. The number of nitrogens with zero attached hydrogens (tertiary/aromatic N) is 5. The van der Waals surface area contributed by atoms with Crippen LogP contribution in [-0.2, 0) is 11.8 Å². The first-order valence-electron chi connectivity index (χ1n) is 16.0. The fourth-order valence-corrected chi connectivity index (χ4v) is 6.72. The van der Waals surface area contributed by atoms with Gasteiger partial charge < -0.3 is 33.7 Å². The number of aromatic nitrogens is 4. The molecule has 2 atom stereocenters. The highest BCUT2D eigenvalue weighted by atomic mass is 16.6. The molecule has 1 N–H and O–H groups in total. The Hall–Kier alpha value is -5.06. The number of hydrogen-bond donors (Lipinski definition) is 1. The summed E-state index contributed by atoms with van der Waals surface area (Å²) in [7, 11) is 3.60.